The Hall–Kier alpha value is -4.14. The molecule has 0 aromatic heterocycles. The number of aryl methyl sites for hydroxylation is 2. The fraction of sp³-hybridized carbons (Fsp3) is 0.278. The molecule has 4 rings (SSSR count). The quantitative estimate of drug-likeness (QED) is 0.175. The fourth-order valence-electron chi connectivity index (χ4n) is 4.88. The molecule has 0 fully saturated rings. The van der Waals surface area contributed by atoms with E-state index in [0.717, 1.165) is 26.6 Å². The molecule has 236 valence electrons. The monoisotopic (exact) mass is 645 g/mol. The topological polar surface area (TPSA) is 86.8 Å². The molecule has 7 nitrogen and oxygen atoms in total. The summed E-state index contributed by atoms with van der Waals surface area (Å²) < 4.78 is 29.3. The largest absolute Gasteiger partial charge is 0.352 e. The Morgan fingerprint density at radius 2 is 1.44 bits per heavy atom. The summed E-state index contributed by atoms with van der Waals surface area (Å²) in [5.74, 6) is -0.823. The summed E-state index contributed by atoms with van der Waals surface area (Å²) in [5, 5.41) is 3.38. The second kappa shape index (κ2) is 15.2. The molecular weight excluding hydrogens is 606 g/mol. The third-order valence-corrected chi connectivity index (χ3v) is 9.75. The number of nitrogens with zero attached hydrogens (tertiary/aromatic N) is 2. The van der Waals surface area contributed by atoms with Crippen LogP contribution in [0.15, 0.2) is 108 Å². The van der Waals surface area contributed by atoms with Crippen LogP contribution in [-0.4, -0.2) is 43.8 Å². The molecule has 0 saturated heterocycles. The molecule has 2 amide bonds. The van der Waals surface area contributed by atoms with Gasteiger partial charge >= 0.3 is 0 Å². The molecule has 9 heteroatoms. The predicted molar refractivity (Wildman–Crippen MR) is 181 cm³/mol. The van der Waals surface area contributed by atoms with Crippen LogP contribution >= 0.6 is 11.6 Å². The molecule has 1 N–H and O–H groups in total. The van der Waals surface area contributed by atoms with E-state index in [1.165, 1.54) is 23.1 Å². The van der Waals surface area contributed by atoms with Crippen LogP contribution in [0.5, 0.6) is 0 Å². The molecule has 0 aliphatic rings. The lowest BCUT2D eigenvalue weighted by atomic mass is 10.0. The van der Waals surface area contributed by atoms with Crippen LogP contribution in [0.1, 0.15) is 42.5 Å². The Morgan fingerprint density at radius 1 is 0.822 bits per heavy atom. The van der Waals surface area contributed by atoms with Gasteiger partial charge in [-0.3, -0.25) is 13.9 Å². The predicted octanol–water partition coefficient (Wildman–Crippen LogP) is 6.71. The molecule has 0 spiro atoms. The summed E-state index contributed by atoms with van der Waals surface area (Å²) in [7, 11) is -4.20. The highest BCUT2D eigenvalue weighted by atomic mass is 35.5. The van der Waals surface area contributed by atoms with Crippen molar-refractivity contribution in [3.05, 3.63) is 130 Å². The van der Waals surface area contributed by atoms with E-state index < -0.39 is 28.5 Å². The summed E-state index contributed by atoms with van der Waals surface area (Å²) in [4.78, 5) is 30.0. The molecule has 45 heavy (non-hydrogen) atoms. The van der Waals surface area contributed by atoms with Crippen LogP contribution in [0.2, 0.25) is 5.02 Å². The van der Waals surface area contributed by atoms with E-state index in [1.54, 1.807) is 30.3 Å². The summed E-state index contributed by atoms with van der Waals surface area (Å²) >= 11 is 6.30. The van der Waals surface area contributed by atoms with Crippen LogP contribution in [0.25, 0.3) is 0 Å². The van der Waals surface area contributed by atoms with Gasteiger partial charge in [0.1, 0.15) is 12.6 Å². The summed E-state index contributed by atoms with van der Waals surface area (Å²) in [5.41, 5.74) is 3.90. The highest BCUT2D eigenvalue weighted by molar-refractivity contribution is 7.92. The second-order valence-electron chi connectivity index (χ2n) is 11.3. The molecule has 4 aromatic carbocycles. The zero-order chi connectivity index (χ0) is 32.6. The lowest BCUT2D eigenvalue weighted by molar-refractivity contribution is -0.140. The van der Waals surface area contributed by atoms with Gasteiger partial charge in [0.15, 0.2) is 0 Å². The summed E-state index contributed by atoms with van der Waals surface area (Å²) in [6.07, 6.45) is 0.968. The molecule has 2 atom stereocenters. The van der Waals surface area contributed by atoms with Crippen LogP contribution in [0.3, 0.4) is 0 Å². The van der Waals surface area contributed by atoms with Crippen molar-refractivity contribution in [3.63, 3.8) is 0 Å². The molecule has 0 radical (unpaired) electrons. The Balaban J connectivity index is 1.80. The van der Waals surface area contributed by atoms with Gasteiger partial charge in [0.05, 0.1) is 10.6 Å². The number of rotatable bonds is 13. The van der Waals surface area contributed by atoms with E-state index in [9.17, 15) is 18.0 Å². The Labute approximate surface area is 271 Å². The van der Waals surface area contributed by atoms with Crippen LogP contribution in [-0.2, 0) is 32.6 Å². The number of carbonyl (C=O) groups is 2. The van der Waals surface area contributed by atoms with Gasteiger partial charge in [0.2, 0.25) is 11.8 Å². The van der Waals surface area contributed by atoms with Crippen LogP contribution in [0.4, 0.5) is 5.69 Å². The average molecular weight is 646 g/mol. The van der Waals surface area contributed by atoms with Crippen molar-refractivity contribution in [1.82, 2.24) is 10.2 Å². The number of sulfonamides is 1. The van der Waals surface area contributed by atoms with Crippen molar-refractivity contribution < 1.29 is 18.0 Å². The van der Waals surface area contributed by atoms with Gasteiger partial charge in [0, 0.05) is 24.0 Å². The second-order valence-corrected chi connectivity index (χ2v) is 13.6. The van der Waals surface area contributed by atoms with Crippen molar-refractivity contribution in [3.8, 4) is 0 Å². The molecule has 4 aromatic rings. The van der Waals surface area contributed by atoms with Crippen molar-refractivity contribution >= 4 is 39.1 Å². The van der Waals surface area contributed by atoms with Crippen LogP contribution in [0, 0.1) is 13.8 Å². The number of carbonyl (C=O) groups excluding carboxylic acids is 2. The minimum absolute atomic E-state index is 0.0429. The molecule has 0 aliphatic heterocycles. The Kier molecular flexibility index (Phi) is 11.4. The van der Waals surface area contributed by atoms with Gasteiger partial charge in [-0.2, -0.15) is 0 Å². The first-order valence-corrected chi connectivity index (χ1v) is 16.8. The number of halogens is 1. The molecule has 0 saturated carbocycles. The Bertz CT molecular complexity index is 1690. The minimum Gasteiger partial charge on any atom is -0.352 e. The van der Waals surface area contributed by atoms with E-state index in [-0.39, 0.29) is 35.5 Å². The number of amides is 2. The average Bonchev–Trinajstić information content (AvgIpc) is 3.02. The van der Waals surface area contributed by atoms with E-state index >= 15 is 0 Å². The Morgan fingerprint density at radius 3 is 2.04 bits per heavy atom. The lowest BCUT2D eigenvalue weighted by Gasteiger charge is -2.34. The standard InChI is InChI=1S/C36H40ClN3O4S/c1-5-28(4)38-36(42)34(22-29-10-7-6-8-11-29)39(24-30-18-14-26(2)15-19-30)35(41)25-40(32-13-9-12-31(37)23-32)45(43,44)33-20-16-27(3)17-21-33/h6-21,23,28,34H,5,22,24-25H2,1-4H3,(H,38,42)/t28-,34-/m1/s1. The maximum atomic E-state index is 14.5. The van der Waals surface area contributed by atoms with Gasteiger partial charge < -0.3 is 10.2 Å². The van der Waals surface area contributed by atoms with Gasteiger partial charge in [-0.15, -0.1) is 0 Å². The first-order chi connectivity index (χ1) is 21.5. The zero-order valence-electron chi connectivity index (χ0n) is 26.1. The third kappa shape index (κ3) is 8.96. The van der Waals surface area contributed by atoms with Crippen molar-refractivity contribution in [2.45, 2.75) is 64.1 Å². The van der Waals surface area contributed by atoms with Gasteiger partial charge in [-0.05, 0) is 68.7 Å². The lowest BCUT2D eigenvalue weighted by Crippen LogP contribution is -2.54. The fourth-order valence-corrected chi connectivity index (χ4v) is 6.47. The number of benzene rings is 4. The van der Waals surface area contributed by atoms with Gasteiger partial charge in [0.25, 0.3) is 10.0 Å². The molecule has 0 heterocycles. The number of nitrogens with one attached hydrogen (secondary N) is 1. The summed E-state index contributed by atoms with van der Waals surface area (Å²) in [6, 6.07) is 29.1. The third-order valence-electron chi connectivity index (χ3n) is 7.73. The maximum absolute atomic E-state index is 14.5. The van der Waals surface area contributed by atoms with Gasteiger partial charge in [-0.25, -0.2) is 8.42 Å². The maximum Gasteiger partial charge on any atom is 0.264 e. The summed E-state index contributed by atoms with van der Waals surface area (Å²) in [6.45, 7) is 7.31. The van der Waals surface area contributed by atoms with Crippen molar-refractivity contribution in [2.75, 3.05) is 10.8 Å². The van der Waals surface area contributed by atoms with Crippen molar-refractivity contribution in [1.29, 1.82) is 0 Å². The molecular formula is C36H40ClN3O4S. The normalized spacial score (nSPS) is 12.6. The smallest absolute Gasteiger partial charge is 0.264 e. The number of anilines is 1. The highest BCUT2D eigenvalue weighted by Gasteiger charge is 2.35. The van der Waals surface area contributed by atoms with Crippen LogP contribution < -0.4 is 9.62 Å². The van der Waals surface area contributed by atoms with E-state index in [4.69, 9.17) is 11.6 Å². The molecule has 0 aliphatic carbocycles. The zero-order valence-corrected chi connectivity index (χ0v) is 27.7. The van der Waals surface area contributed by atoms with Crippen molar-refractivity contribution in [2.24, 2.45) is 0 Å². The SMILES string of the molecule is CC[C@@H](C)NC(=O)[C@@H](Cc1ccccc1)N(Cc1ccc(C)cc1)C(=O)CN(c1cccc(Cl)c1)S(=O)(=O)c1ccc(C)cc1. The van der Waals surface area contributed by atoms with E-state index in [0.29, 0.717) is 11.4 Å². The molecule has 0 bridgehead atoms. The molecule has 0 unspecified atom stereocenters. The van der Waals surface area contributed by atoms with E-state index in [1.807, 2.05) is 82.3 Å². The minimum atomic E-state index is -4.20. The number of hydrogen-bond donors (Lipinski definition) is 1. The first-order valence-electron chi connectivity index (χ1n) is 15.0. The van der Waals surface area contributed by atoms with Gasteiger partial charge in [-0.1, -0.05) is 102 Å². The number of hydrogen-bond acceptors (Lipinski definition) is 4. The van der Waals surface area contributed by atoms with E-state index in [2.05, 4.69) is 5.32 Å². The first kappa shape index (κ1) is 33.7. The highest BCUT2D eigenvalue weighted by Crippen LogP contribution is 2.27.